The molecule has 0 aliphatic heterocycles. The predicted molar refractivity (Wildman–Crippen MR) is 81.1 cm³/mol. The van der Waals surface area contributed by atoms with Gasteiger partial charge < -0.3 is 13.7 Å². The number of benzene rings is 1. The summed E-state index contributed by atoms with van der Waals surface area (Å²) in [7, 11) is 0. The van der Waals surface area contributed by atoms with E-state index in [1.807, 2.05) is 0 Å². The fourth-order valence-electron chi connectivity index (χ4n) is 2.31. The van der Waals surface area contributed by atoms with Crippen LogP contribution in [0.25, 0.3) is 11.5 Å². The molecule has 0 radical (unpaired) electrons. The SMILES string of the molecule is O=c1c(F)c(-c2nnc(C(F)F)o2)ccn1Cc1cccc(OC(F)(F)F)c1. The standard InChI is InChI=1S/C16H9F6N3O3/c17-11-10(13-23-24-14(27-13)12(18)19)4-5-25(15(11)26)7-8-2-1-3-9(6-8)28-16(20,21)22/h1-6,12H,7H2. The minimum atomic E-state index is -4.88. The molecule has 0 saturated carbocycles. The maximum Gasteiger partial charge on any atom is 0.573 e. The van der Waals surface area contributed by atoms with Crippen LogP contribution in [0.15, 0.2) is 45.7 Å². The Bertz CT molecular complexity index is 1040. The van der Waals surface area contributed by atoms with E-state index in [4.69, 9.17) is 0 Å². The van der Waals surface area contributed by atoms with Gasteiger partial charge in [-0.3, -0.25) is 4.79 Å². The van der Waals surface area contributed by atoms with E-state index in [0.29, 0.717) is 0 Å². The normalized spacial score (nSPS) is 11.8. The van der Waals surface area contributed by atoms with Gasteiger partial charge in [0.05, 0.1) is 12.1 Å². The summed E-state index contributed by atoms with van der Waals surface area (Å²) in [6.45, 7) is -0.267. The molecule has 0 bridgehead atoms. The van der Waals surface area contributed by atoms with Crippen molar-refractivity contribution in [1.82, 2.24) is 14.8 Å². The van der Waals surface area contributed by atoms with Crippen LogP contribution in [0, 0.1) is 5.82 Å². The molecule has 2 heterocycles. The van der Waals surface area contributed by atoms with E-state index >= 15 is 0 Å². The highest BCUT2D eigenvalue weighted by Gasteiger charge is 2.31. The molecule has 6 nitrogen and oxygen atoms in total. The zero-order valence-electron chi connectivity index (χ0n) is 13.6. The largest absolute Gasteiger partial charge is 0.573 e. The molecule has 0 saturated heterocycles. The number of ether oxygens (including phenoxy) is 1. The van der Waals surface area contributed by atoms with Crippen LogP contribution in [0.2, 0.25) is 0 Å². The molecule has 2 aromatic heterocycles. The second-order valence-corrected chi connectivity index (χ2v) is 5.42. The van der Waals surface area contributed by atoms with Crippen molar-refractivity contribution in [3.05, 3.63) is 64.2 Å². The van der Waals surface area contributed by atoms with Gasteiger partial charge in [0.25, 0.3) is 17.3 Å². The summed E-state index contributed by atoms with van der Waals surface area (Å²) in [6, 6.07) is 5.85. The first-order valence-electron chi connectivity index (χ1n) is 7.49. The average Bonchev–Trinajstić information content (AvgIpc) is 3.08. The smallest absolute Gasteiger partial charge is 0.415 e. The summed E-state index contributed by atoms with van der Waals surface area (Å²) in [5.74, 6) is -3.46. The third-order valence-electron chi connectivity index (χ3n) is 3.45. The Hall–Kier alpha value is -3.31. The van der Waals surface area contributed by atoms with Crippen molar-refractivity contribution in [3.8, 4) is 17.2 Å². The number of hydrogen-bond donors (Lipinski definition) is 0. The maximum absolute atomic E-state index is 14.3. The van der Waals surface area contributed by atoms with Gasteiger partial charge in [0.2, 0.25) is 5.82 Å². The Morgan fingerprint density at radius 2 is 1.93 bits per heavy atom. The van der Waals surface area contributed by atoms with Crippen molar-refractivity contribution in [2.45, 2.75) is 19.3 Å². The van der Waals surface area contributed by atoms with Gasteiger partial charge in [-0.1, -0.05) is 12.1 Å². The molecule has 3 rings (SSSR count). The van der Waals surface area contributed by atoms with Crippen molar-refractivity contribution in [2.24, 2.45) is 0 Å². The summed E-state index contributed by atoms with van der Waals surface area (Å²) < 4.78 is 85.4. The minimum absolute atomic E-state index is 0.230. The van der Waals surface area contributed by atoms with Gasteiger partial charge in [-0.25, -0.2) is 0 Å². The van der Waals surface area contributed by atoms with Crippen molar-refractivity contribution in [2.75, 3.05) is 0 Å². The molecule has 0 amide bonds. The first-order valence-corrected chi connectivity index (χ1v) is 7.49. The topological polar surface area (TPSA) is 70.2 Å². The molecule has 148 valence electrons. The minimum Gasteiger partial charge on any atom is -0.415 e. The number of halogens is 6. The number of aromatic nitrogens is 3. The maximum atomic E-state index is 14.3. The first kappa shape index (κ1) is 19.5. The Morgan fingerprint density at radius 3 is 2.57 bits per heavy atom. The van der Waals surface area contributed by atoms with E-state index < -0.39 is 47.3 Å². The molecule has 3 aromatic rings. The van der Waals surface area contributed by atoms with E-state index in [1.165, 1.54) is 12.1 Å². The van der Waals surface area contributed by atoms with E-state index in [1.54, 1.807) is 0 Å². The van der Waals surface area contributed by atoms with Gasteiger partial charge in [-0.15, -0.1) is 23.4 Å². The van der Waals surface area contributed by atoms with Gasteiger partial charge >= 0.3 is 12.8 Å². The van der Waals surface area contributed by atoms with Crippen molar-refractivity contribution in [3.63, 3.8) is 0 Å². The van der Waals surface area contributed by atoms with Crippen LogP contribution < -0.4 is 10.3 Å². The molecule has 28 heavy (non-hydrogen) atoms. The second-order valence-electron chi connectivity index (χ2n) is 5.42. The third kappa shape index (κ3) is 4.32. The molecule has 12 heteroatoms. The molecule has 0 unspecified atom stereocenters. The van der Waals surface area contributed by atoms with Crippen LogP contribution >= 0.6 is 0 Å². The van der Waals surface area contributed by atoms with E-state index in [2.05, 4.69) is 19.4 Å². The zero-order valence-corrected chi connectivity index (χ0v) is 13.6. The quantitative estimate of drug-likeness (QED) is 0.602. The van der Waals surface area contributed by atoms with Gasteiger partial charge in [-0.2, -0.15) is 13.2 Å². The molecular weight excluding hydrogens is 396 g/mol. The number of nitrogens with zero attached hydrogens (tertiary/aromatic N) is 3. The van der Waals surface area contributed by atoms with E-state index in [-0.39, 0.29) is 12.1 Å². The molecule has 0 fully saturated rings. The van der Waals surface area contributed by atoms with Crippen molar-refractivity contribution >= 4 is 0 Å². The molecule has 0 N–H and O–H groups in total. The Balaban J connectivity index is 1.87. The van der Waals surface area contributed by atoms with Crippen LogP contribution in [0.3, 0.4) is 0 Å². The lowest BCUT2D eigenvalue weighted by Crippen LogP contribution is -2.24. The molecule has 0 aliphatic carbocycles. The zero-order chi connectivity index (χ0) is 20.5. The third-order valence-corrected chi connectivity index (χ3v) is 3.45. The summed E-state index contributed by atoms with van der Waals surface area (Å²) in [5, 5.41) is 6.31. The Morgan fingerprint density at radius 1 is 1.18 bits per heavy atom. The number of hydrogen-bond acceptors (Lipinski definition) is 5. The fraction of sp³-hybridized carbons (Fsp3) is 0.188. The highest BCUT2D eigenvalue weighted by atomic mass is 19.4. The van der Waals surface area contributed by atoms with Crippen LogP contribution in [-0.2, 0) is 6.54 Å². The summed E-state index contributed by atoms with van der Waals surface area (Å²) >= 11 is 0. The average molecular weight is 405 g/mol. The Labute approximate surface area is 152 Å². The predicted octanol–water partition coefficient (Wildman–Crippen LogP) is 3.92. The summed E-state index contributed by atoms with van der Waals surface area (Å²) in [5.41, 5.74) is -1.40. The van der Waals surface area contributed by atoms with Crippen LogP contribution in [0.4, 0.5) is 26.3 Å². The highest BCUT2D eigenvalue weighted by Crippen LogP contribution is 2.25. The van der Waals surface area contributed by atoms with E-state index in [0.717, 1.165) is 29.0 Å². The highest BCUT2D eigenvalue weighted by molar-refractivity contribution is 5.52. The van der Waals surface area contributed by atoms with Gasteiger partial charge in [0.15, 0.2) is 0 Å². The van der Waals surface area contributed by atoms with Crippen LogP contribution in [-0.4, -0.2) is 21.1 Å². The van der Waals surface area contributed by atoms with Crippen LogP contribution in [0.5, 0.6) is 5.75 Å². The number of pyridine rings is 1. The lowest BCUT2D eigenvalue weighted by atomic mass is 10.2. The van der Waals surface area contributed by atoms with Gasteiger partial charge in [-0.05, 0) is 23.8 Å². The van der Waals surface area contributed by atoms with Crippen molar-refractivity contribution < 1.29 is 35.5 Å². The first-order chi connectivity index (χ1) is 13.1. The van der Waals surface area contributed by atoms with Gasteiger partial charge in [0, 0.05) is 6.20 Å². The number of rotatable bonds is 5. The van der Waals surface area contributed by atoms with Crippen LogP contribution in [0.1, 0.15) is 17.9 Å². The lowest BCUT2D eigenvalue weighted by Gasteiger charge is -2.11. The lowest BCUT2D eigenvalue weighted by molar-refractivity contribution is -0.274. The summed E-state index contributed by atoms with van der Waals surface area (Å²) in [6.07, 6.45) is -6.83. The molecule has 0 spiro atoms. The molecule has 0 aliphatic rings. The Kier molecular flexibility index (Phi) is 5.12. The molecule has 0 atom stereocenters. The molecular formula is C16H9F6N3O3. The summed E-state index contributed by atoms with van der Waals surface area (Å²) in [4.78, 5) is 12.2. The second kappa shape index (κ2) is 7.37. The van der Waals surface area contributed by atoms with E-state index in [9.17, 15) is 31.1 Å². The van der Waals surface area contributed by atoms with Gasteiger partial charge in [0.1, 0.15) is 5.75 Å². The fourth-order valence-corrected chi connectivity index (χ4v) is 2.31. The monoisotopic (exact) mass is 405 g/mol. The number of alkyl halides is 5. The van der Waals surface area contributed by atoms with Crippen molar-refractivity contribution in [1.29, 1.82) is 0 Å². The molecule has 1 aromatic carbocycles.